The van der Waals surface area contributed by atoms with E-state index in [1.54, 1.807) is 0 Å². The van der Waals surface area contributed by atoms with Crippen molar-refractivity contribution in [2.75, 3.05) is 6.54 Å². The highest BCUT2D eigenvalue weighted by Gasteiger charge is 2.44. The van der Waals surface area contributed by atoms with Gasteiger partial charge in [-0.15, -0.1) is 0 Å². The van der Waals surface area contributed by atoms with Gasteiger partial charge in [-0.25, -0.2) is 0 Å². The van der Waals surface area contributed by atoms with Crippen LogP contribution in [0, 0.1) is 13.8 Å². The van der Waals surface area contributed by atoms with E-state index < -0.39 is 0 Å². The van der Waals surface area contributed by atoms with Crippen LogP contribution in [-0.4, -0.2) is 12.5 Å². The van der Waals surface area contributed by atoms with E-state index in [9.17, 15) is 4.79 Å². The molecule has 1 saturated carbocycles. The number of rotatable bonds is 4. The first-order chi connectivity index (χ1) is 10.1. The lowest BCUT2D eigenvalue weighted by Crippen LogP contribution is -2.32. The topological polar surface area (TPSA) is 29.1 Å². The second-order valence-corrected chi connectivity index (χ2v) is 6.13. The molecule has 0 atom stereocenters. The molecule has 0 bridgehead atoms. The number of hydrogen-bond acceptors (Lipinski definition) is 1. The van der Waals surface area contributed by atoms with Crippen molar-refractivity contribution >= 4 is 5.91 Å². The molecule has 0 aliphatic heterocycles. The van der Waals surface area contributed by atoms with Crippen LogP contribution in [0.2, 0.25) is 0 Å². The third kappa shape index (κ3) is 2.85. The molecule has 0 unspecified atom stereocenters. The summed E-state index contributed by atoms with van der Waals surface area (Å²) in [7, 11) is 0. The van der Waals surface area contributed by atoms with Crippen molar-refractivity contribution in [1.82, 2.24) is 5.32 Å². The third-order valence-corrected chi connectivity index (χ3v) is 4.60. The molecule has 0 heterocycles. The summed E-state index contributed by atoms with van der Waals surface area (Å²) >= 11 is 0. The van der Waals surface area contributed by atoms with Crippen LogP contribution in [0.5, 0.6) is 0 Å². The minimum atomic E-state index is 0.0281. The van der Waals surface area contributed by atoms with Gasteiger partial charge < -0.3 is 5.32 Å². The fourth-order valence-corrected chi connectivity index (χ4v) is 2.74. The van der Waals surface area contributed by atoms with Gasteiger partial charge in [-0.2, -0.15) is 0 Å². The van der Waals surface area contributed by atoms with Gasteiger partial charge in [0.1, 0.15) is 0 Å². The molecule has 1 aliphatic rings. The lowest BCUT2D eigenvalue weighted by molar-refractivity contribution is 0.0949. The van der Waals surface area contributed by atoms with Crippen LogP contribution >= 0.6 is 0 Å². The van der Waals surface area contributed by atoms with Gasteiger partial charge >= 0.3 is 0 Å². The molecule has 2 aromatic rings. The van der Waals surface area contributed by atoms with Gasteiger partial charge in [-0.3, -0.25) is 4.79 Å². The Labute approximate surface area is 126 Å². The molecule has 3 rings (SSSR count). The Balaban J connectivity index is 1.68. The number of hydrogen-bond donors (Lipinski definition) is 1. The lowest BCUT2D eigenvalue weighted by atomic mass is 9.96. The number of benzene rings is 2. The van der Waals surface area contributed by atoms with Crippen molar-refractivity contribution in [3.05, 3.63) is 70.8 Å². The van der Waals surface area contributed by atoms with Crippen LogP contribution in [0.3, 0.4) is 0 Å². The third-order valence-electron chi connectivity index (χ3n) is 4.60. The molecule has 0 spiro atoms. The van der Waals surface area contributed by atoms with E-state index in [1.807, 2.05) is 31.2 Å². The molecule has 1 fully saturated rings. The van der Waals surface area contributed by atoms with Gasteiger partial charge in [0.2, 0.25) is 0 Å². The predicted octanol–water partition coefficient (Wildman–Crippen LogP) is 3.77. The average molecular weight is 279 g/mol. The largest absolute Gasteiger partial charge is 0.351 e. The minimum Gasteiger partial charge on any atom is -0.351 e. The second kappa shape index (κ2) is 5.36. The summed E-state index contributed by atoms with van der Waals surface area (Å²) in [4.78, 5) is 12.3. The van der Waals surface area contributed by atoms with Crippen LogP contribution in [-0.2, 0) is 5.41 Å². The number of aryl methyl sites for hydroxylation is 2. The maximum atomic E-state index is 12.3. The summed E-state index contributed by atoms with van der Waals surface area (Å²) in [5.41, 5.74) is 4.63. The van der Waals surface area contributed by atoms with Crippen molar-refractivity contribution in [2.24, 2.45) is 0 Å². The first-order valence-electron chi connectivity index (χ1n) is 7.52. The average Bonchev–Trinajstić information content (AvgIpc) is 3.30. The maximum absolute atomic E-state index is 12.3. The quantitative estimate of drug-likeness (QED) is 0.907. The molecular weight excluding hydrogens is 258 g/mol. The van der Waals surface area contributed by atoms with Crippen molar-refractivity contribution in [2.45, 2.75) is 32.1 Å². The first-order valence-corrected chi connectivity index (χ1v) is 7.52. The smallest absolute Gasteiger partial charge is 0.251 e. The Kier molecular flexibility index (Phi) is 3.54. The fraction of sp³-hybridized carbons (Fsp3) is 0.316. The van der Waals surface area contributed by atoms with E-state index in [0.717, 1.165) is 30.5 Å². The summed E-state index contributed by atoms with van der Waals surface area (Å²) in [5.74, 6) is 0.0281. The van der Waals surface area contributed by atoms with E-state index >= 15 is 0 Å². The van der Waals surface area contributed by atoms with Crippen molar-refractivity contribution in [1.29, 1.82) is 0 Å². The summed E-state index contributed by atoms with van der Waals surface area (Å²) in [5, 5.41) is 3.11. The van der Waals surface area contributed by atoms with Crippen molar-refractivity contribution < 1.29 is 4.79 Å². The van der Waals surface area contributed by atoms with E-state index in [0.29, 0.717) is 0 Å². The van der Waals surface area contributed by atoms with Crippen LogP contribution in [0.15, 0.2) is 48.5 Å². The SMILES string of the molecule is Cc1ccc(C(=O)NCC2(c3ccccc3)CC2)cc1C. The molecule has 2 heteroatoms. The minimum absolute atomic E-state index is 0.0281. The normalized spacial score (nSPS) is 15.5. The fourth-order valence-electron chi connectivity index (χ4n) is 2.74. The molecule has 0 saturated heterocycles. The van der Waals surface area contributed by atoms with Crippen LogP contribution in [0.25, 0.3) is 0 Å². The monoisotopic (exact) mass is 279 g/mol. The van der Waals surface area contributed by atoms with Gasteiger partial charge in [0.05, 0.1) is 0 Å². The molecule has 2 aromatic carbocycles. The Morgan fingerprint density at radius 1 is 1.05 bits per heavy atom. The molecular formula is C19H21NO. The zero-order valence-corrected chi connectivity index (χ0v) is 12.6. The molecule has 0 aromatic heterocycles. The molecule has 0 radical (unpaired) electrons. The molecule has 2 nitrogen and oxygen atoms in total. The van der Waals surface area contributed by atoms with Crippen LogP contribution < -0.4 is 5.32 Å². The Morgan fingerprint density at radius 2 is 1.76 bits per heavy atom. The van der Waals surface area contributed by atoms with Crippen molar-refractivity contribution in [3.63, 3.8) is 0 Å². The standard InChI is InChI=1S/C19H21NO/c1-14-8-9-16(12-15(14)2)18(21)20-13-19(10-11-19)17-6-4-3-5-7-17/h3-9,12H,10-11,13H2,1-2H3,(H,20,21). The zero-order chi connectivity index (χ0) is 14.9. The van der Waals surface area contributed by atoms with Gasteiger partial charge in [0, 0.05) is 17.5 Å². The van der Waals surface area contributed by atoms with E-state index in [1.165, 1.54) is 11.1 Å². The second-order valence-electron chi connectivity index (χ2n) is 6.13. The van der Waals surface area contributed by atoms with Gasteiger partial charge in [0.25, 0.3) is 5.91 Å². The number of carbonyl (C=O) groups excluding carboxylic acids is 1. The van der Waals surface area contributed by atoms with E-state index in [4.69, 9.17) is 0 Å². The number of carbonyl (C=O) groups is 1. The highest BCUT2D eigenvalue weighted by molar-refractivity contribution is 5.94. The lowest BCUT2D eigenvalue weighted by Gasteiger charge is -2.17. The van der Waals surface area contributed by atoms with Crippen LogP contribution in [0.1, 0.15) is 39.9 Å². The van der Waals surface area contributed by atoms with Crippen LogP contribution in [0.4, 0.5) is 0 Å². The highest BCUT2D eigenvalue weighted by Crippen LogP contribution is 2.47. The Morgan fingerprint density at radius 3 is 2.38 bits per heavy atom. The molecule has 21 heavy (non-hydrogen) atoms. The first kappa shape index (κ1) is 13.9. The molecule has 1 N–H and O–H groups in total. The summed E-state index contributed by atoms with van der Waals surface area (Å²) in [6.07, 6.45) is 2.31. The van der Waals surface area contributed by atoms with Gasteiger partial charge in [-0.05, 0) is 55.5 Å². The van der Waals surface area contributed by atoms with E-state index in [2.05, 4.69) is 36.5 Å². The number of amides is 1. The highest BCUT2D eigenvalue weighted by atomic mass is 16.1. The Bertz CT molecular complexity index is 657. The number of nitrogens with one attached hydrogen (secondary N) is 1. The zero-order valence-electron chi connectivity index (χ0n) is 12.6. The predicted molar refractivity (Wildman–Crippen MR) is 85.6 cm³/mol. The van der Waals surface area contributed by atoms with Crippen molar-refractivity contribution in [3.8, 4) is 0 Å². The Hall–Kier alpha value is -2.09. The van der Waals surface area contributed by atoms with Gasteiger partial charge in [0.15, 0.2) is 0 Å². The van der Waals surface area contributed by atoms with E-state index in [-0.39, 0.29) is 11.3 Å². The maximum Gasteiger partial charge on any atom is 0.251 e. The molecule has 108 valence electrons. The summed E-state index contributed by atoms with van der Waals surface area (Å²) in [6.45, 7) is 4.83. The molecule has 1 amide bonds. The molecule has 1 aliphatic carbocycles. The summed E-state index contributed by atoms with van der Waals surface area (Å²) in [6, 6.07) is 16.4. The summed E-state index contributed by atoms with van der Waals surface area (Å²) < 4.78 is 0. The van der Waals surface area contributed by atoms with Gasteiger partial charge in [-0.1, -0.05) is 36.4 Å².